The smallest absolute Gasteiger partial charge is 0.410 e. The molecule has 1 atom stereocenters. The number of cyclic esters (lactones) is 1. The number of carbonyl (C=O) groups excluding carboxylic acids is 1. The number of nitrogens with zero attached hydrogens (tertiary/aromatic N) is 1. The van der Waals surface area contributed by atoms with Gasteiger partial charge in [0.1, 0.15) is 12.5 Å². The predicted molar refractivity (Wildman–Crippen MR) is 44.2 cm³/mol. The van der Waals surface area contributed by atoms with Gasteiger partial charge in [-0.1, -0.05) is 6.08 Å². The zero-order valence-corrected chi connectivity index (χ0v) is 7.10. The van der Waals surface area contributed by atoms with Gasteiger partial charge >= 0.3 is 12.1 Å². The highest BCUT2D eigenvalue weighted by Crippen LogP contribution is 2.10. The van der Waals surface area contributed by atoms with Crippen LogP contribution in [-0.4, -0.2) is 41.8 Å². The third kappa shape index (κ3) is 2.21. The molecular weight excluding hydrogens is 174 g/mol. The summed E-state index contributed by atoms with van der Waals surface area (Å²) in [5.41, 5.74) is 0. The molecule has 0 saturated carbocycles. The van der Waals surface area contributed by atoms with E-state index in [1.807, 2.05) is 0 Å². The van der Waals surface area contributed by atoms with E-state index in [0.29, 0.717) is 6.54 Å². The van der Waals surface area contributed by atoms with E-state index >= 15 is 0 Å². The number of rotatable bonds is 3. The zero-order valence-electron chi connectivity index (χ0n) is 7.10. The van der Waals surface area contributed by atoms with E-state index in [1.165, 1.54) is 11.0 Å². The van der Waals surface area contributed by atoms with E-state index in [0.717, 1.165) is 0 Å². The van der Waals surface area contributed by atoms with Crippen LogP contribution in [0.5, 0.6) is 0 Å². The predicted octanol–water partition coefficient (Wildman–Crippen LogP) is 0.325. The summed E-state index contributed by atoms with van der Waals surface area (Å²) in [6.07, 6.45) is 1.06. The molecule has 0 aromatic carbocycles. The first-order valence-electron chi connectivity index (χ1n) is 3.90. The molecule has 0 radical (unpaired) electrons. The molecule has 0 spiro atoms. The van der Waals surface area contributed by atoms with Crippen molar-refractivity contribution in [3.63, 3.8) is 0 Å². The quantitative estimate of drug-likeness (QED) is 0.643. The van der Waals surface area contributed by atoms with Crippen LogP contribution in [0.3, 0.4) is 0 Å². The normalized spacial score (nSPS) is 22.3. The summed E-state index contributed by atoms with van der Waals surface area (Å²) in [6.45, 7) is 3.94. The van der Waals surface area contributed by atoms with Gasteiger partial charge in [0.25, 0.3) is 0 Å². The number of aliphatic carboxylic acids is 1. The van der Waals surface area contributed by atoms with Crippen LogP contribution in [0.2, 0.25) is 0 Å². The van der Waals surface area contributed by atoms with Crippen molar-refractivity contribution in [2.24, 2.45) is 5.92 Å². The Labute approximate surface area is 75.6 Å². The average Bonchev–Trinajstić information content (AvgIpc) is 2.08. The van der Waals surface area contributed by atoms with Crippen LogP contribution in [0.1, 0.15) is 0 Å². The van der Waals surface area contributed by atoms with Crippen LogP contribution in [0.25, 0.3) is 0 Å². The fourth-order valence-corrected chi connectivity index (χ4v) is 1.11. The van der Waals surface area contributed by atoms with Gasteiger partial charge < -0.3 is 14.7 Å². The lowest BCUT2D eigenvalue weighted by atomic mass is 10.1. The first kappa shape index (κ1) is 9.57. The first-order valence-corrected chi connectivity index (χ1v) is 3.90. The van der Waals surface area contributed by atoms with Gasteiger partial charge in [0.05, 0.1) is 0 Å². The molecule has 0 aromatic rings. The van der Waals surface area contributed by atoms with E-state index in [2.05, 4.69) is 11.3 Å². The molecule has 1 rings (SSSR count). The van der Waals surface area contributed by atoms with Gasteiger partial charge in [-0.25, -0.2) is 4.79 Å². The Morgan fingerprint density at radius 2 is 2.54 bits per heavy atom. The molecule has 72 valence electrons. The minimum atomic E-state index is -0.943. The van der Waals surface area contributed by atoms with Crippen molar-refractivity contribution in [1.82, 2.24) is 4.90 Å². The maximum Gasteiger partial charge on any atom is 0.410 e. The molecular formula is C8H11NO4. The number of carboxylic acids is 1. The van der Waals surface area contributed by atoms with Crippen LogP contribution in [0.4, 0.5) is 4.79 Å². The van der Waals surface area contributed by atoms with Crippen molar-refractivity contribution in [2.45, 2.75) is 0 Å². The Morgan fingerprint density at radius 3 is 3.08 bits per heavy atom. The molecule has 5 nitrogen and oxygen atoms in total. The summed E-state index contributed by atoms with van der Waals surface area (Å²) in [5, 5.41) is 8.67. The van der Waals surface area contributed by atoms with Gasteiger partial charge in [-0.15, -0.1) is 6.58 Å². The van der Waals surface area contributed by atoms with Gasteiger partial charge in [-0.3, -0.25) is 4.79 Å². The molecule has 1 unspecified atom stereocenters. The SMILES string of the molecule is C=CCN1CC(C(=O)O)COC1=O. The monoisotopic (exact) mass is 185 g/mol. The minimum Gasteiger partial charge on any atom is -0.481 e. The highest BCUT2D eigenvalue weighted by Gasteiger charge is 2.30. The molecule has 1 fully saturated rings. The number of carbonyl (C=O) groups is 2. The molecule has 13 heavy (non-hydrogen) atoms. The molecule has 0 aliphatic carbocycles. The fourth-order valence-electron chi connectivity index (χ4n) is 1.11. The Bertz CT molecular complexity index is 238. The standard InChI is InChI=1S/C8H11NO4/c1-2-3-9-4-6(7(10)11)5-13-8(9)12/h2,6H,1,3-5H2,(H,10,11). The van der Waals surface area contributed by atoms with Crippen LogP contribution in [0.15, 0.2) is 12.7 Å². The molecule has 0 bridgehead atoms. The summed E-state index contributed by atoms with van der Waals surface area (Å²) in [7, 11) is 0. The van der Waals surface area contributed by atoms with Crippen LogP contribution in [0, 0.1) is 5.92 Å². The highest BCUT2D eigenvalue weighted by molar-refractivity contribution is 5.75. The van der Waals surface area contributed by atoms with E-state index in [4.69, 9.17) is 5.11 Å². The summed E-state index contributed by atoms with van der Waals surface area (Å²) in [5.74, 6) is -1.57. The maximum atomic E-state index is 11.0. The van der Waals surface area contributed by atoms with Crippen molar-refractivity contribution < 1.29 is 19.4 Å². The van der Waals surface area contributed by atoms with Crippen molar-refractivity contribution >= 4 is 12.1 Å². The summed E-state index contributed by atoms with van der Waals surface area (Å²) in [6, 6.07) is 0. The highest BCUT2D eigenvalue weighted by atomic mass is 16.6. The third-order valence-electron chi connectivity index (χ3n) is 1.81. The number of hydrogen-bond acceptors (Lipinski definition) is 3. The summed E-state index contributed by atoms with van der Waals surface area (Å²) in [4.78, 5) is 22.9. The van der Waals surface area contributed by atoms with Crippen LogP contribution < -0.4 is 0 Å². The maximum absolute atomic E-state index is 11.0. The largest absolute Gasteiger partial charge is 0.481 e. The minimum absolute atomic E-state index is 0.0399. The number of carboxylic acid groups (broad SMARTS) is 1. The lowest BCUT2D eigenvalue weighted by Gasteiger charge is -2.29. The van der Waals surface area contributed by atoms with E-state index in [-0.39, 0.29) is 13.2 Å². The second-order valence-electron chi connectivity index (χ2n) is 2.81. The number of amides is 1. The summed E-state index contributed by atoms with van der Waals surface area (Å²) < 4.78 is 4.68. The van der Waals surface area contributed by atoms with E-state index in [1.54, 1.807) is 0 Å². The van der Waals surface area contributed by atoms with Gasteiger partial charge in [-0.05, 0) is 0 Å². The molecule has 0 aromatic heterocycles. The first-order chi connectivity index (χ1) is 6.15. The molecule has 5 heteroatoms. The molecule has 1 aliphatic rings. The Balaban J connectivity index is 2.57. The fraction of sp³-hybridized carbons (Fsp3) is 0.500. The lowest BCUT2D eigenvalue weighted by molar-refractivity contribution is -0.145. The molecule has 1 heterocycles. The third-order valence-corrected chi connectivity index (χ3v) is 1.81. The van der Waals surface area contributed by atoms with Gasteiger partial charge in [-0.2, -0.15) is 0 Å². The van der Waals surface area contributed by atoms with Crippen molar-refractivity contribution in [2.75, 3.05) is 19.7 Å². The zero-order chi connectivity index (χ0) is 9.84. The number of ether oxygens (including phenoxy) is 1. The molecule has 1 N–H and O–H groups in total. The van der Waals surface area contributed by atoms with Crippen molar-refractivity contribution in [3.05, 3.63) is 12.7 Å². The lowest BCUT2D eigenvalue weighted by Crippen LogP contribution is -2.45. The van der Waals surface area contributed by atoms with Crippen LogP contribution >= 0.6 is 0 Å². The van der Waals surface area contributed by atoms with Gasteiger partial charge in [0.15, 0.2) is 0 Å². The average molecular weight is 185 g/mol. The van der Waals surface area contributed by atoms with E-state index < -0.39 is 18.0 Å². The topological polar surface area (TPSA) is 66.8 Å². The molecule has 1 amide bonds. The van der Waals surface area contributed by atoms with Crippen molar-refractivity contribution in [3.8, 4) is 0 Å². The van der Waals surface area contributed by atoms with Crippen molar-refractivity contribution in [1.29, 1.82) is 0 Å². The molecule has 1 aliphatic heterocycles. The Morgan fingerprint density at radius 1 is 1.85 bits per heavy atom. The Hall–Kier alpha value is -1.52. The number of hydrogen-bond donors (Lipinski definition) is 1. The van der Waals surface area contributed by atoms with Gasteiger partial charge in [0.2, 0.25) is 0 Å². The Kier molecular flexibility index (Phi) is 2.89. The van der Waals surface area contributed by atoms with Gasteiger partial charge in [0, 0.05) is 13.1 Å². The summed E-state index contributed by atoms with van der Waals surface area (Å²) >= 11 is 0. The van der Waals surface area contributed by atoms with E-state index in [9.17, 15) is 9.59 Å². The second kappa shape index (κ2) is 3.93. The van der Waals surface area contributed by atoms with Crippen LogP contribution in [-0.2, 0) is 9.53 Å². The molecule has 1 saturated heterocycles. The second-order valence-corrected chi connectivity index (χ2v) is 2.81.